The van der Waals surface area contributed by atoms with E-state index in [0.29, 0.717) is 59.4 Å². The summed E-state index contributed by atoms with van der Waals surface area (Å²) in [5.74, 6) is -0.314. The maximum Gasteiger partial charge on any atom is 0.225 e. The van der Waals surface area contributed by atoms with E-state index in [1.54, 1.807) is 38.7 Å². The Balaban J connectivity index is 1.57. The van der Waals surface area contributed by atoms with Crippen LogP contribution >= 0.6 is 23.2 Å². The average Bonchev–Trinajstić information content (AvgIpc) is 3.55. The second-order valence-electron chi connectivity index (χ2n) is 9.15. The summed E-state index contributed by atoms with van der Waals surface area (Å²) in [6.07, 6.45) is 4.93. The molecule has 190 valence electrons. The van der Waals surface area contributed by atoms with Crippen molar-refractivity contribution in [1.29, 1.82) is 0 Å². The number of amides is 1. The molecule has 2 fully saturated rings. The van der Waals surface area contributed by atoms with Gasteiger partial charge in [-0.05, 0) is 18.2 Å². The van der Waals surface area contributed by atoms with Gasteiger partial charge in [0.2, 0.25) is 17.9 Å². The summed E-state index contributed by atoms with van der Waals surface area (Å²) < 4.78 is 21.6. The van der Waals surface area contributed by atoms with Crippen LogP contribution in [-0.4, -0.2) is 66.5 Å². The Morgan fingerprint density at radius 2 is 2.00 bits per heavy atom. The molecule has 1 amide bonds. The molecule has 0 bridgehead atoms. The van der Waals surface area contributed by atoms with E-state index in [1.165, 1.54) is 0 Å². The Morgan fingerprint density at radius 3 is 2.67 bits per heavy atom. The Bertz CT molecular complexity index is 1230. The highest BCUT2D eigenvalue weighted by Crippen LogP contribution is 2.46. The summed E-state index contributed by atoms with van der Waals surface area (Å²) >= 11 is 12.9. The van der Waals surface area contributed by atoms with E-state index in [4.69, 9.17) is 37.4 Å². The molecule has 2 atom stereocenters. The Kier molecular flexibility index (Phi) is 6.98. The first-order chi connectivity index (χ1) is 17.4. The summed E-state index contributed by atoms with van der Waals surface area (Å²) in [7, 11) is 1.67. The Labute approximate surface area is 220 Å². The monoisotopic (exact) mass is 531 g/mol. The molecule has 36 heavy (non-hydrogen) atoms. The van der Waals surface area contributed by atoms with E-state index in [9.17, 15) is 4.79 Å². The number of piperazine rings is 1. The number of para-hydroxylation sites is 2. The first-order valence-electron chi connectivity index (χ1n) is 11.9. The fraction of sp³-hybridized carbons (Fsp3) is 0.385. The SMILES string of the molecule is COc1ccccc1[N+]1([C@@H]2CO[C@@](Cn3ccnc3)(c3ccc(Cl)cc3Cl)O2)CCN(C(C)=O)CC1. The van der Waals surface area contributed by atoms with E-state index >= 15 is 0 Å². The fourth-order valence-electron chi connectivity index (χ4n) is 5.28. The molecule has 3 aromatic rings. The number of benzene rings is 2. The van der Waals surface area contributed by atoms with E-state index in [0.717, 1.165) is 11.4 Å². The van der Waals surface area contributed by atoms with Gasteiger partial charge < -0.3 is 18.9 Å². The molecule has 0 unspecified atom stereocenters. The molecule has 1 aromatic heterocycles. The number of methoxy groups -OCH3 is 1. The highest BCUT2D eigenvalue weighted by atomic mass is 35.5. The lowest BCUT2D eigenvalue weighted by Gasteiger charge is -2.47. The first kappa shape index (κ1) is 25.0. The molecule has 8 nitrogen and oxygen atoms in total. The number of halogens is 2. The van der Waals surface area contributed by atoms with Gasteiger partial charge in [0.25, 0.3) is 0 Å². The molecule has 0 N–H and O–H groups in total. The second-order valence-corrected chi connectivity index (χ2v) is 10.00. The normalized spacial score (nSPS) is 23.6. The van der Waals surface area contributed by atoms with Crippen molar-refractivity contribution in [2.45, 2.75) is 25.5 Å². The molecule has 2 aromatic carbocycles. The van der Waals surface area contributed by atoms with Crippen LogP contribution in [0.3, 0.4) is 0 Å². The average molecular weight is 532 g/mol. The number of carbonyl (C=O) groups is 1. The number of hydrogen-bond acceptors (Lipinski definition) is 5. The van der Waals surface area contributed by atoms with Crippen molar-refractivity contribution < 1.29 is 19.0 Å². The minimum atomic E-state index is -1.15. The molecule has 0 aliphatic carbocycles. The van der Waals surface area contributed by atoms with Crippen LogP contribution in [-0.2, 0) is 26.6 Å². The largest absolute Gasteiger partial charge is 0.491 e. The van der Waals surface area contributed by atoms with Gasteiger partial charge in [-0.2, -0.15) is 0 Å². The summed E-state index contributed by atoms with van der Waals surface area (Å²) in [6.45, 7) is 4.80. The molecule has 3 heterocycles. The van der Waals surface area contributed by atoms with Gasteiger partial charge in [-0.25, -0.2) is 4.98 Å². The highest BCUT2D eigenvalue weighted by Gasteiger charge is 2.55. The van der Waals surface area contributed by atoms with Gasteiger partial charge in [0.05, 0.1) is 38.1 Å². The van der Waals surface area contributed by atoms with Gasteiger partial charge in [-0.15, -0.1) is 0 Å². The van der Waals surface area contributed by atoms with Crippen molar-refractivity contribution in [1.82, 2.24) is 18.9 Å². The van der Waals surface area contributed by atoms with E-state index in [-0.39, 0.29) is 12.1 Å². The summed E-state index contributed by atoms with van der Waals surface area (Å²) in [5.41, 5.74) is 1.70. The number of nitrogens with zero attached hydrogens (tertiary/aromatic N) is 4. The van der Waals surface area contributed by atoms with Crippen molar-refractivity contribution in [3.8, 4) is 5.75 Å². The van der Waals surface area contributed by atoms with Crippen LogP contribution in [0.4, 0.5) is 5.69 Å². The standard InChI is InChI=1S/C26H29Cl2N4O4/c1-19(33)31-11-13-32(14-12-31,23-5-3-4-6-24(23)34-2)25-16-35-26(36-25,17-30-10-9-29-18-30)21-8-7-20(27)15-22(21)28/h3-10,15,18,25H,11-14,16-17H2,1-2H3/q+1/t25-,26+/m0/s1. The summed E-state index contributed by atoms with van der Waals surface area (Å²) in [5, 5.41) is 1.00. The van der Waals surface area contributed by atoms with Crippen LogP contribution in [0.1, 0.15) is 12.5 Å². The molecule has 2 saturated heterocycles. The van der Waals surface area contributed by atoms with Gasteiger partial charge in [-0.1, -0.05) is 41.4 Å². The molecule has 0 saturated carbocycles. The van der Waals surface area contributed by atoms with Crippen LogP contribution in [0.2, 0.25) is 10.0 Å². The quantitative estimate of drug-likeness (QED) is 0.444. The predicted molar refractivity (Wildman–Crippen MR) is 138 cm³/mol. The highest BCUT2D eigenvalue weighted by molar-refractivity contribution is 6.35. The van der Waals surface area contributed by atoms with Gasteiger partial charge in [0, 0.05) is 36.0 Å². The van der Waals surface area contributed by atoms with Gasteiger partial charge in [-0.3, -0.25) is 14.0 Å². The molecule has 0 radical (unpaired) electrons. The minimum absolute atomic E-state index is 0.0683. The molecule has 2 aliphatic rings. The Hall–Kier alpha value is -2.62. The third-order valence-electron chi connectivity index (χ3n) is 7.18. The first-order valence-corrected chi connectivity index (χ1v) is 12.6. The summed E-state index contributed by atoms with van der Waals surface area (Å²) in [6, 6.07) is 13.3. The zero-order valence-corrected chi connectivity index (χ0v) is 21.8. The van der Waals surface area contributed by atoms with Crippen molar-refractivity contribution in [3.63, 3.8) is 0 Å². The smallest absolute Gasteiger partial charge is 0.225 e. The number of quaternary nitrogens is 1. The van der Waals surface area contributed by atoms with Crippen LogP contribution in [0.25, 0.3) is 0 Å². The van der Waals surface area contributed by atoms with E-state index < -0.39 is 5.79 Å². The predicted octanol–water partition coefficient (Wildman–Crippen LogP) is 4.29. The molecular weight excluding hydrogens is 503 g/mol. The zero-order chi connectivity index (χ0) is 25.3. The van der Waals surface area contributed by atoms with Crippen LogP contribution in [0.5, 0.6) is 5.75 Å². The second kappa shape index (κ2) is 10.0. The molecule has 5 rings (SSSR count). The number of ether oxygens (including phenoxy) is 3. The van der Waals surface area contributed by atoms with Crippen molar-refractivity contribution >= 4 is 34.8 Å². The number of carbonyl (C=O) groups excluding carboxylic acids is 1. The topological polar surface area (TPSA) is 65.8 Å². The maximum atomic E-state index is 12.1. The van der Waals surface area contributed by atoms with Crippen LogP contribution < -0.4 is 9.22 Å². The number of hydrogen-bond donors (Lipinski definition) is 0. The van der Waals surface area contributed by atoms with Gasteiger partial charge in [0.1, 0.15) is 19.7 Å². The number of rotatable bonds is 6. The lowest BCUT2D eigenvalue weighted by molar-refractivity contribution is -0.203. The Morgan fingerprint density at radius 1 is 1.22 bits per heavy atom. The number of imidazole rings is 1. The van der Waals surface area contributed by atoms with Crippen molar-refractivity contribution in [3.05, 3.63) is 76.8 Å². The third kappa shape index (κ3) is 4.48. The van der Waals surface area contributed by atoms with Crippen LogP contribution in [0.15, 0.2) is 61.2 Å². The van der Waals surface area contributed by atoms with Crippen LogP contribution in [0, 0.1) is 0 Å². The van der Waals surface area contributed by atoms with E-state index in [1.807, 2.05) is 39.9 Å². The van der Waals surface area contributed by atoms with E-state index in [2.05, 4.69) is 11.1 Å². The minimum Gasteiger partial charge on any atom is -0.491 e. The molecule has 2 aliphatic heterocycles. The third-order valence-corrected chi connectivity index (χ3v) is 7.72. The molecule has 10 heteroatoms. The zero-order valence-electron chi connectivity index (χ0n) is 20.3. The molecular formula is C26H29Cl2N4O4+. The summed E-state index contributed by atoms with van der Waals surface area (Å²) in [4.78, 5) is 18.2. The van der Waals surface area contributed by atoms with Crippen molar-refractivity contribution in [2.24, 2.45) is 0 Å². The lowest BCUT2D eigenvalue weighted by Crippen LogP contribution is -2.67. The number of aromatic nitrogens is 2. The lowest BCUT2D eigenvalue weighted by atomic mass is 10.1. The van der Waals surface area contributed by atoms with Gasteiger partial charge >= 0.3 is 0 Å². The maximum absolute atomic E-state index is 12.1. The van der Waals surface area contributed by atoms with Crippen molar-refractivity contribution in [2.75, 3.05) is 39.9 Å². The van der Waals surface area contributed by atoms with Gasteiger partial charge in [0.15, 0.2) is 11.4 Å². The molecule has 0 spiro atoms. The fourth-order valence-corrected chi connectivity index (χ4v) is 5.84.